The molecule has 1 aromatic heterocycles. The van der Waals surface area contributed by atoms with Gasteiger partial charge in [-0.15, -0.1) is 0 Å². The van der Waals surface area contributed by atoms with Crippen LogP contribution in [-0.4, -0.2) is 11.0 Å². The first kappa shape index (κ1) is 14.0. The van der Waals surface area contributed by atoms with E-state index in [1.54, 1.807) is 18.2 Å². The predicted molar refractivity (Wildman–Crippen MR) is 72.5 cm³/mol. The Morgan fingerprint density at radius 3 is 2.79 bits per heavy atom. The normalized spacial score (nSPS) is 10.3. The van der Waals surface area contributed by atoms with E-state index < -0.39 is 11.8 Å². The van der Waals surface area contributed by atoms with Gasteiger partial charge in [0.2, 0.25) is 0 Å². The first-order valence-electron chi connectivity index (χ1n) is 5.29. The monoisotopic (exact) mass is 343 g/mol. The molecule has 1 heterocycles. The zero-order chi connectivity index (χ0) is 13.8. The topological polar surface area (TPSA) is 39.2 Å². The Kier molecular flexibility index (Phi) is 4.50. The van der Waals surface area contributed by atoms with Crippen molar-refractivity contribution in [3.63, 3.8) is 0 Å². The molecular weight excluding hydrogens is 337 g/mol. The molecule has 3 nitrogen and oxygen atoms in total. The Hall–Kier alpha value is -1.46. The fraction of sp³-hybridized carbons (Fsp3) is 0.0769. The smallest absolute Gasteiger partial charge is 0.341 e. The van der Waals surface area contributed by atoms with Gasteiger partial charge in [0, 0.05) is 16.2 Å². The van der Waals surface area contributed by atoms with Gasteiger partial charge in [-0.3, -0.25) is 0 Å². The van der Waals surface area contributed by atoms with Crippen LogP contribution in [0.15, 0.2) is 41.0 Å². The molecule has 2 rings (SSSR count). The van der Waals surface area contributed by atoms with Gasteiger partial charge in [0.05, 0.1) is 5.56 Å². The SMILES string of the molecule is O=C(OCc1ccc(Cl)nc1)c1ccc(Br)cc1F. The minimum Gasteiger partial charge on any atom is -0.457 e. The molecule has 6 heteroatoms. The molecule has 1 aromatic carbocycles. The van der Waals surface area contributed by atoms with Gasteiger partial charge in [0.15, 0.2) is 0 Å². The summed E-state index contributed by atoms with van der Waals surface area (Å²) in [4.78, 5) is 15.5. The molecule has 2 aromatic rings. The van der Waals surface area contributed by atoms with Crippen LogP contribution in [0.4, 0.5) is 4.39 Å². The molecular formula is C13H8BrClFNO2. The second-order valence-corrected chi connectivity index (χ2v) is 4.99. The molecule has 0 saturated carbocycles. The van der Waals surface area contributed by atoms with Crippen molar-refractivity contribution in [3.05, 3.63) is 63.1 Å². The lowest BCUT2D eigenvalue weighted by Crippen LogP contribution is -2.07. The first-order valence-corrected chi connectivity index (χ1v) is 6.46. The lowest BCUT2D eigenvalue weighted by atomic mass is 10.2. The van der Waals surface area contributed by atoms with Crippen LogP contribution in [0, 0.1) is 5.82 Å². The highest BCUT2D eigenvalue weighted by atomic mass is 79.9. The third-order valence-corrected chi connectivity index (χ3v) is 3.03. The van der Waals surface area contributed by atoms with E-state index in [-0.39, 0.29) is 12.2 Å². The van der Waals surface area contributed by atoms with Crippen LogP contribution in [0.2, 0.25) is 5.15 Å². The summed E-state index contributed by atoms with van der Waals surface area (Å²) in [6.07, 6.45) is 1.49. The van der Waals surface area contributed by atoms with Crippen molar-refractivity contribution < 1.29 is 13.9 Å². The maximum atomic E-state index is 13.5. The number of hydrogen-bond acceptors (Lipinski definition) is 3. The number of halogens is 3. The molecule has 0 radical (unpaired) electrons. The highest BCUT2D eigenvalue weighted by Gasteiger charge is 2.13. The Morgan fingerprint density at radius 1 is 1.37 bits per heavy atom. The molecule has 19 heavy (non-hydrogen) atoms. The number of esters is 1. The molecule has 0 atom stereocenters. The number of aromatic nitrogens is 1. The van der Waals surface area contributed by atoms with E-state index in [2.05, 4.69) is 20.9 Å². The standard InChI is InChI=1S/C13H8BrClFNO2/c14-9-2-3-10(11(16)5-9)13(18)19-7-8-1-4-12(15)17-6-8/h1-6H,7H2. The maximum absolute atomic E-state index is 13.5. The molecule has 0 N–H and O–H groups in total. The number of rotatable bonds is 3. The first-order chi connectivity index (χ1) is 9.06. The van der Waals surface area contributed by atoms with Crippen molar-refractivity contribution in [2.75, 3.05) is 0 Å². The molecule has 0 bridgehead atoms. The number of carbonyl (C=O) groups is 1. The predicted octanol–water partition coefficient (Wildman–Crippen LogP) is 3.99. The zero-order valence-electron chi connectivity index (χ0n) is 9.57. The highest BCUT2D eigenvalue weighted by Crippen LogP contribution is 2.16. The minimum absolute atomic E-state index is 0.0124. The maximum Gasteiger partial charge on any atom is 0.341 e. The third kappa shape index (κ3) is 3.75. The van der Waals surface area contributed by atoms with Crippen LogP contribution in [0.25, 0.3) is 0 Å². The van der Waals surface area contributed by atoms with Gasteiger partial charge in [-0.05, 0) is 24.3 Å². The second-order valence-electron chi connectivity index (χ2n) is 3.69. The van der Waals surface area contributed by atoms with E-state index in [0.29, 0.717) is 15.2 Å². The van der Waals surface area contributed by atoms with E-state index in [9.17, 15) is 9.18 Å². The summed E-state index contributed by atoms with van der Waals surface area (Å²) in [6.45, 7) is 0.0124. The van der Waals surface area contributed by atoms with Crippen molar-refractivity contribution in [1.29, 1.82) is 0 Å². The Balaban J connectivity index is 2.03. The molecule has 0 unspecified atom stereocenters. The van der Waals surface area contributed by atoms with Crippen LogP contribution in [0.1, 0.15) is 15.9 Å². The van der Waals surface area contributed by atoms with E-state index in [1.807, 2.05) is 0 Å². The van der Waals surface area contributed by atoms with E-state index in [0.717, 1.165) is 0 Å². The summed E-state index contributed by atoms with van der Waals surface area (Å²) >= 11 is 8.75. The van der Waals surface area contributed by atoms with E-state index in [1.165, 1.54) is 18.3 Å². The molecule has 0 fully saturated rings. The largest absolute Gasteiger partial charge is 0.457 e. The lowest BCUT2D eigenvalue weighted by Gasteiger charge is -2.06. The molecule has 0 saturated heterocycles. The molecule has 98 valence electrons. The minimum atomic E-state index is -0.722. The van der Waals surface area contributed by atoms with Gasteiger partial charge in [0.1, 0.15) is 17.6 Å². The Morgan fingerprint density at radius 2 is 2.16 bits per heavy atom. The van der Waals surface area contributed by atoms with Gasteiger partial charge in [0.25, 0.3) is 0 Å². The van der Waals surface area contributed by atoms with E-state index in [4.69, 9.17) is 16.3 Å². The summed E-state index contributed by atoms with van der Waals surface area (Å²) < 4.78 is 19.1. The third-order valence-electron chi connectivity index (χ3n) is 2.31. The van der Waals surface area contributed by atoms with E-state index >= 15 is 0 Å². The molecule has 0 aliphatic rings. The van der Waals surface area contributed by atoms with Gasteiger partial charge >= 0.3 is 5.97 Å². The van der Waals surface area contributed by atoms with Gasteiger partial charge in [-0.1, -0.05) is 33.6 Å². The number of hydrogen-bond donors (Lipinski definition) is 0. The second kappa shape index (κ2) is 6.12. The summed E-state index contributed by atoms with van der Waals surface area (Å²) in [7, 11) is 0. The van der Waals surface area contributed by atoms with Gasteiger partial charge in [-0.2, -0.15) is 0 Å². The summed E-state index contributed by atoms with van der Waals surface area (Å²) in [5.41, 5.74) is 0.570. The van der Waals surface area contributed by atoms with Crippen LogP contribution >= 0.6 is 27.5 Å². The average Bonchev–Trinajstić information content (AvgIpc) is 2.37. The zero-order valence-corrected chi connectivity index (χ0v) is 11.9. The Labute approximate surface area is 122 Å². The van der Waals surface area contributed by atoms with Crippen LogP contribution in [0.5, 0.6) is 0 Å². The van der Waals surface area contributed by atoms with Crippen LogP contribution in [-0.2, 0) is 11.3 Å². The summed E-state index contributed by atoms with van der Waals surface area (Å²) in [5, 5.41) is 0.356. The van der Waals surface area contributed by atoms with Crippen molar-refractivity contribution in [1.82, 2.24) is 4.98 Å². The molecule has 0 amide bonds. The summed E-state index contributed by atoms with van der Waals surface area (Å²) in [6, 6.07) is 7.41. The van der Waals surface area contributed by atoms with Crippen molar-refractivity contribution in [2.24, 2.45) is 0 Å². The van der Waals surface area contributed by atoms with Crippen molar-refractivity contribution in [3.8, 4) is 0 Å². The molecule has 0 aliphatic heterocycles. The highest BCUT2D eigenvalue weighted by molar-refractivity contribution is 9.10. The number of pyridine rings is 1. The number of benzene rings is 1. The molecule has 0 aliphatic carbocycles. The Bertz CT molecular complexity index is 604. The van der Waals surface area contributed by atoms with Crippen molar-refractivity contribution >= 4 is 33.5 Å². The quantitative estimate of drug-likeness (QED) is 0.624. The fourth-order valence-electron chi connectivity index (χ4n) is 1.37. The summed E-state index contributed by atoms with van der Waals surface area (Å²) in [5.74, 6) is -1.35. The fourth-order valence-corrected chi connectivity index (χ4v) is 1.82. The number of nitrogens with zero attached hydrogens (tertiary/aromatic N) is 1. The lowest BCUT2D eigenvalue weighted by molar-refractivity contribution is 0.0467. The number of ether oxygens (including phenoxy) is 1. The van der Waals surface area contributed by atoms with Gasteiger partial charge in [-0.25, -0.2) is 14.2 Å². The molecule has 0 spiro atoms. The van der Waals surface area contributed by atoms with Gasteiger partial charge < -0.3 is 4.74 Å². The number of carbonyl (C=O) groups excluding carboxylic acids is 1. The van der Waals surface area contributed by atoms with Crippen LogP contribution < -0.4 is 0 Å². The average molecular weight is 345 g/mol. The van der Waals surface area contributed by atoms with Crippen molar-refractivity contribution in [2.45, 2.75) is 6.61 Å². The van der Waals surface area contributed by atoms with Crippen LogP contribution in [0.3, 0.4) is 0 Å².